The molecule has 0 radical (unpaired) electrons. The number of ether oxygens (including phenoxy) is 1. The first kappa shape index (κ1) is 31.9. The van der Waals surface area contributed by atoms with Crippen molar-refractivity contribution >= 4 is 36.5 Å². The summed E-state index contributed by atoms with van der Waals surface area (Å²) in [6.45, 7) is 12.1. The summed E-state index contributed by atoms with van der Waals surface area (Å²) >= 11 is 0. The maximum atomic E-state index is 12.2. The molecule has 0 atom stereocenters. The molecule has 0 aromatic heterocycles. The molecule has 0 bridgehead atoms. The Morgan fingerprint density at radius 3 is 2.17 bits per heavy atom. The number of nitrogens with one attached hydrogen (secondary N) is 1. The standard InChI is InChI=1S/C16H26N2O6.C8H13NO2/c1-15(2,8-10-23-16(3,4)7-9-17-11-19)14(22)24-18-12(20)5-6-13(18)21;1-3-5-8(11)9(7-10)6-4-2/h11H,5-10H2,1-4H3,(H,17,19);3,5,7H,4,6H2,1-2H3/b;5-3-. The zero-order valence-corrected chi connectivity index (χ0v) is 21.6. The van der Waals surface area contributed by atoms with E-state index in [2.05, 4.69) is 5.32 Å². The van der Waals surface area contributed by atoms with E-state index < -0.39 is 28.8 Å². The van der Waals surface area contributed by atoms with E-state index in [0.717, 1.165) is 11.3 Å². The molecule has 0 aliphatic carbocycles. The van der Waals surface area contributed by atoms with Crippen molar-refractivity contribution in [3.8, 4) is 0 Å². The molecule has 0 saturated carbocycles. The normalized spacial score (nSPS) is 13.8. The molecule has 1 saturated heterocycles. The third-order valence-corrected chi connectivity index (χ3v) is 5.09. The number of rotatable bonds is 14. The van der Waals surface area contributed by atoms with Gasteiger partial charge >= 0.3 is 5.97 Å². The lowest BCUT2D eigenvalue weighted by Crippen LogP contribution is -2.39. The molecule has 0 aromatic rings. The minimum absolute atomic E-state index is 0.0681. The lowest BCUT2D eigenvalue weighted by molar-refractivity contribution is -0.205. The zero-order valence-electron chi connectivity index (χ0n) is 21.6. The van der Waals surface area contributed by atoms with Gasteiger partial charge in [0, 0.05) is 32.5 Å². The average Bonchev–Trinajstić information content (AvgIpc) is 3.09. The molecule has 35 heavy (non-hydrogen) atoms. The molecule has 1 aliphatic heterocycles. The zero-order chi connectivity index (χ0) is 27.1. The van der Waals surface area contributed by atoms with Crippen LogP contribution in [0, 0.1) is 5.41 Å². The molecule has 1 N–H and O–H groups in total. The third kappa shape index (κ3) is 12.3. The van der Waals surface area contributed by atoms with Crippen molar-refractivity contribution in [2.45, 2.75) is 79.2 Å². The number of allylic oxidation sites excluding steroid dienone is 1. The molecule has 0 spiro atoms. The highest BCUT2D eigenvalue weighted by molar-refractivity contribution is 6.01. The van der Waals surface area contributed by atoms with E-state index in [0.29, 0.717) is 50.4 Å². The first-order chi connectivity index (χ1) is 16.3. The molecule has 0 unspecified atom stereocenters. The van der Waals surface area contributed by atoms with Crippen LogP contribution >= 0.6 is 0 Å². The molecule has 1 fully saturated rings. The largest absolute Gasteiger partial charge is 0.375 e. The Kier molecular flexibility index (Phi) is 14.4. The van der Waals surface area contributed by atoms with Crippen LogP contribution in [0.4, 0.5) is 0 Å². The Morgan fingerprint density at radius 2 is 1.69 bits per heavy atom. The summed E-state index contributed by atoms with van der Waals surface area (Å²) in [5.74, 6) is -1.88. The summed E-state index contributed by atoms with van der Waals surface area (Å²) in [4.78, 5) is 72.8. The molecule has 1 heterocycles. The lowest BCUT2D eigenvalue weighted by atomic mass is 9.90. The van der Waals surface area contributed by atoms with Crippen molar-refractivity contribution in [1.82, 2.24) is 15.3 Å². The first-order valence-corrected chi connectivity index (χ1v) is 11.6. The maximum absolute atomic E-state index is 12.2. The van der Waals surface area contributed by atoms with Crippen molar-refractivity contribution in [3.05, 3.63) is 12.2 Å². The average molecular weight is 498 g/mol. The van der Waals surface area contributed by atoms with Gasteiger partial charge in [0.15, 0.2) is 0 Å². The van der Waals surface area contributed by atoms with E-state index >= 15 is 0 Å². The van der Waals surface area contributed by atoms with Gasteiger partial charge in [-0.05, 0) is 60.0 Å². The highest BCUT2D eigenvalue weighted by Gasteiger charge is 2.38. The van der Waals surface area contributed by atoms with Crippen LogP contribution in [0.3, 0.4) is 0 Å². The second-order valence-corrected chi connectivity index (χ2v) is 9.16. The predicted molar refractivity (Wildman–Crippen MR) is 127 cm³/mol. The third-order valence-electron chi connectivity index (χ3n) is 5.09. The SMILES string of the molecule is C/C=C\C(=O)N(C=O)CCC.CC(C)(CCNC=O)OCCC(C)(C)C(=O)ON1C(=O)CCC1=O. The smallest absolute Gasteiger partial charge is 0.338 e. The fraction of sp³-hybridized carbons (Fsp3) is 0.667. The lowest BCUT2D eigenvalue weighted by Gasteiger charge is -2.28. The first-order valence-electron chi connectivity index (χ1n) is 11.6. The number of nitrogens with zero attached hydrogens (tertiary/aromatic N) is 2. The maximum Gasteiger partial charge on any atom is 0.338 e. The van der Waals surface area contributed by atoms with Gasteiger partial charge in [0.1, 0.15) is 0 Å². The summed E-state index contributed by atoms with van der Waals surface area (Å²) in [6.07, 6.45) is 6.12. The minimum atomic E-state index is -0.903. The molecule has 1 aliphatic rings. The predicted octanol–water partition coefficient (Wildman–Crippen LogP) is 1.90. The monoisotopic (exact) mass is 497 g/mol. The summed E-state index contributed by atoms with van der Waals surface area (Å²) in [6, 6.07) is 0. The van der Waals surface area contributed by atoms with E-state index in [-0.39, 0.29) is 18.7 Å². The number of carbonyl (C=O) groups is 6. The fourth-order valence-corrected chi connectivity index (χ4v) is 2.75. The second kappa shape index (κ2) is 15.8. The van der Waals surface area contributed by atoms with Gasteiger partial charge in [0.2, 0.25) is 12.8 Å². The van der Waals surface area contributed by atoms with Crippen LogP contribution in [0.25, 0.3) is 0 Å². The highest BCUT2D eigenvalue weighted by Crippen LogP contribution is 2.26. The number of hydrogen-bond donors (Lipinski definition) is 1. The van der Waals surface area contributed by atoms with E-state index in [9.17, 15) is 28.8 Å². The van der Waals surface area contributed by atoms with E-state index in [4.69, 9.17) is 9.57 Å². The van der Waals surface area contributed by atoms with Crippen LogP contribution in [0.1, 0.15) is 73.6 Å². The molecule has 5 amide bonds. The van der Waals surface area contributed by atoms with Crippen LogP contribution in [0.2, 0.25) is 0 Å². The number of carbonyl (C=O) groups excluding carboxylic acids is 6. The summed E-state index contributed by atoms with van der Waals surface area (Å²) in [5, 5.41) is 3.13. The Labute approximate surface area is 207 Å². The Hall–Kier alpha value is -3.08. The second-order valence-electron chi connectivity index (χ2n) is 9.16. The molecule has 11 heteroatoms. The van der Waals surface area contributed by atoms with Crippen LogP contribution in [-0.4, -0.2) is 71.8 Å². The topological polar surface area (TPSA) is 139 Å². The number of hydrogen-bond acceptors (Lipinski definition) is 8. The van der Waals surface area contributed by atoms with Crippen LogP contribution in [0.5, 0.6) is 0 Å². The van der Waals surface area contributed by atoms with Gasteiger partial charge in [-0.2, -0.15) is 0 Å². The highest BCUT2D eigenvalue weighted by atomic mass is 16.7. The summed E-state index contributed by atoms with van der Waals surface area (Å²) in [5.41, 5.74) is -1.35. The van der Waals surface area contributed by atoms with Gasteiger partial charge in [0.05, 0.1) is 11.0 Å². The fourth-order valence-electron chi connectivity index (χ4n) is 2.75. The van der Waals surface area contributed by atoms with Gasteiger partial charge in [-0.1, -0.05) is 13.0 Å². The number of amides is 5. The van der Waals surface area contributed by atoms with Crippen molar-refractivity contribution in [2.24, 2.45) is 5.41 Å². The Bertz CT molecular complexity index is 761. The van der Waals surface area contributed by atoms with Gasteiger partial charge in [0.25, 0.3) is 17.7 Å². The van der Waals surface area contributed by atoms with Crippen LogP contribution < -0.4 is 5.32 Å². The van der Waals surface area contributed by atoms with Gasteiger partial charge < -0.3 is 14.9 Å². The van der Waals surface area contributed by atoms with Gasteiger partial charge in [-0.25, -0.2) is 4.79 Å². The van der Waals surface area contributed by atoms with Crippen molar-refractivity contribution in [1.29, 1.82) is 0 Å². The Morgan fingerprint density at radius 1 is 1.09 bits per heavy atom. The van der Waals surface area contributed by atoms with Crippen LogP contribution in [0.15, 0.2) is 12.2 Å². The molecular formula is C24H39N3O8. The van der Waals surface area contributed by atoms with Crippen molar-refractivity contribution in [3.63, 3.8) is 0 Å². The molecule has 198 valence electrons. The van der Waals surface area contributed by atoms with Crippen molar-refractivity contribution < 1.29 is 38.3 Å². The molecule has 1 rings (SSSR count). The van der Waals surface area contributed by atoms with Crippen LogP contribution in [-0.2, 0) is 38.3 Å². The molecule has 0 aromatic carbocycles. The van der Waals surface area contributed by atoms with Gasteiger partial charge in [-0.15, -0.1) is 5.06 Å². The number of imide groups is 2. The van der Waals surface area contributed by atoms with Crippen molar-refractivity contribution in [2.75, 3.05) is 19.7 Å². The quantitative estimate of drug-likeness (QED) is 0.166. The molecule has 11 nitrogen and oxygen atoms in total. The van der Waals surface area contributed by atoms with E-state index in [1.54, 1.807) is 26.8 Å². The molecular weight excluding hydrogens is 458 g/mol. The van der Waals surface area contributed by atoms with Gasteiger partial charge in [-0.3, -0.25) is 28.9 Å². The number of hydroxylamine groups is 2. The summed E-state index contributed by atoms with van der Waals surface area (Å²) in [7, 11) is 0. The minimum Gasteiger partial charge on any atom is -0.375 e. The van der Waals surface area contributed by atoms with E-state index in [1.165, 1.54) is 6.08 Å². The summed E-state index contributed by atoms with van der Waals surface area (Å²) < 4.78 is 5.76. The Balaban J connectivity index is 0.000000883. The van der Waals surface area contributed by atoms with E-state index in [1.807, 2.05) is 20.8 Å².